The number of amides is 2. The number of aromatic nitrogens is 3. The molecule has 1 aromatic carbocycles. The van der Waals surface area contributed by atoms with E-state index in [-0.39, 0.29) is 11.4 Å². The molecule has 8 heteroatoms. The molecule has 3 aromatic rings. The van der Waals surface area contributed by atoms with Gasteiger partial charge in [0.15, 0.2) is 5.82 Å². The molecule has 0 bridgehead atoms. The van der Waals surface area contributed by atoms with Crippen molar-refractivity contribution in [3.05, 3.63) is 65.9 Å². The average Bonchev–Trinajstić information content (AvgIpc) is 2.74. The van der Waals surface area contributed by atoms with Crippen LogP contribution in [0.2, 0.25) is 0 Å². The number of nitrogens with zero attached hydrogens (tertiary/aromatic N) is 3. The fourth-order valence-corrected chi connectivity index (χ4v) is 2.76. The Balaban J connectivity index is 1.38. The Morgan fingerprint density at radius 1 is 0.871 bits per heavy atom. The zero-order chi connectivity index (χ0) is 22.3. The number of nitrogens with one attached hydrogen (secondary N) is 4. The molecule has 0 aliphatic rings. The molecule has 31 heavy (non-hydrogen) atoms. The molecular weight excluding hydrogens is 390 g/mol. The number of carbonyl (C=O) groups excluding carboxylic acids is 1. The van der Waals surface area contributed by atoms with Gasteiger partial charge in [0.05, 0.1) is 0 Å². The van der Waals surface area contributed by atoms with Crippen molar-refractivity contribution in [2.45, 2.75) is 33.1 Å². The predicted octanol–water partition coefficient (Wildman–Crippen LogP) is 4.45. The first-order valence-electron chi connectivity index (χ1n) is 10.2. The fraction of sp³-hybridized carbons (Fsp3) is 0.304. The molecular formula is C23H29N7O. The Kier molecular flexibility index (Phi) is 7.02. The van der Waals surface area contributed by atoms with E-state index in [2.05, 4.69) is 57.2 Å². The Morgan fingerprint density at radius 3 is 2.16 bits per heavy atom. The van der Waals surface area contributed by atoms with Gasteiger partial charge in [-0.3, -0.25) is 0 Å². The van der Waals surface area contributed by atoms with E-state index in [0.29, 0.717) is 30.5 Å². The minimum absolute atomic E-state index is 0.0845. The van der Waals surface area contributed by atoms with Crippen LogP contribution in [-0.2, 0) is 5.41 Å². The first kappa shape index (κ1) is 22.0. The lowest BCUT2D eigenvalue weighted by Crippen LogP contribution is -2.32. The van der Waals surface area contributed by atoms with Crippen LogP contribution in [0, 0.1) is 6.92 Å². The van der Waals surface area contributed by atoms with Gasteiger partial charge in [-0.2, -0.15) is 0 Å². The zero-order valence-corrected chi connectivity index (χ0v) is 18.4. The number of benzene rings is 1. The third kappa shape index (κ3) is 6.95. The molecule has 2 amide bonds. The maximum absolute atomic E-state index is 12.1. The molecule has 0 aliphatic carbocycles. The Hall–Kier alpha value is -3.68. The fourth-order valence-electron chi connectivity index (χ4n) is 2.76. The first-order chi connectivity index (χ1) is 14.8. The second-order valence-electron chi connectivity index (χ2n) is 8.28. The highest BCUT2D eigenvalue weighted by atomic mass is 16.2. The van der Waals surface area contributed by atoms with Gasteiger partial charge in [-0.15, -0.1) is 10.2 Å². The SMILES string of the molecule is Cc1ccc(Nc2ccc(NCCNC(=O)Nc3ccc(C(C)(C)C)cc3)nn2)nc1. The summed E-state index contributed by atoms with van der Waals surface area (Å²) in [5.74, 6) is 1.95. The molecule has 0 spiro atoms. The monoisotopic (exact) mass is 419 g/mol. The van der Waals surface area contributed by atoms with Crippen molar-refractivity contribution in [2.75, 3.05) is 29.0 Å². The lowest BCUT2D eigenvalue weighted by Gasteiger charge is -2.19. The van der Waals surface area contributed by atoms with Crippen LogP contribution >= 0.6 is 0 Å². The minimum Gasteiger partial charge on any atom is -0.367 e. The van der Waals surface area contributed by atoms with Crippen LogP contribution in [0.1, 0.15) is 31.9 Å². The van der Waals surface area contributed by atoms with Crippen LogP contribution in [0.3, 0.4) is 0 Å². The van der Waals surface area contributed by atoms with E-state index in [9.17, 15) is 4.79 Å². The molecule has 0 saturated carbocycles. The number of hydrogen-bond donors (Lipinski definition) is 4. The first-order valence-corrected chi connectivity index (χ1v) is 10.2. The summed E-state index contributed by atoms with van der Waals surface area (Å²) in [6, 6.07) is 15.1. The molecule has 0 aliphatic heterocycles. The molecule has 162 valence electrons. The molecule has 0 atom stereocenters. The molecule has 0 fully saturated rings. The largest absolute Gasteiger partial charge is 0.367 e. The van der Waals surface area contributed by atoms with Crippen molar-refractivity contribution in [2.24, 2.45) is 0 Å². The summed E-state index contributed by atoms with van der Waals surface area (Å²) in [4.78, 5) is 16.3. The summed E-state index contributed by atoms with van der Waals surface area (Å²) in [6.07, 6.45) is 1.79. The van der Waals surface area contributed by atoms with Gasteiger partial charge in [-0.1, -0.05) is 39.0 Å². The zero-order valence-electron chi connectivity index (χ0n) is 18.4. The van der Waals surface area contributed by atoms with Crippen molar-refractivity contribution < 1.29 is 4.79 Å². The van der Waals surface area contributed by atoms with Gasteiger partial charge in [0, 0.05) is 25.0 Å². The van der Waals surface area contributed by atoms with E-state index >= 15 is 0 Å². The topological polar surface area (TPSA) is 104 Å². The van der Waals surface area contributed by atoms with Gasteiger partial charge in [0.1, 0.15) is 11.6 Å². The second-order valence-corrected chi connectivity index (χ2v) is 8.28. The van der Waals surface area contributed by atoms with Crippen molar-refractivity contribution in [1.82, 2.24) is 20.5 Å². The van der Waals surface area contributed by atoms with E-state index in [1.165, 1.54) is 5.56 Å². The number of urea groups is 1. The van der Waals surface area contributed by atoms with E-state index in [4.69, 9.17) is 0 Å². The lowest BCUT2D eigenvalue weighted by molar-refractivity contribution is 0.252. The molecule has 2 aromatic heterocycles. The summed E-state index contributed by atoms with van der Waals surface area (Å²) < 4.78 is 0. The molecule has 2 heterocycles. The van der Waals surface area contributed by atoms with Gasteiger partial charge >= 0.3 is 6.03 Å². The highest BCUT2D eigenvalue weighted by Crippen LogP contribution is 2.23. The third-order valence-electron chi connectivity index (χ3n) is 4.56. The van der Waals surface area contributed by atoms with Gasteiger partial charge in [0.25, 0.3) is 0 Å². The highest BCUT2D eigenvalue weighted by molar-refractivity contribution is 5.89. The minimum atomic E-state index is -0.249. The third-order valence-corrected chi connectivity index (χ3v) is 4.56. The number of rotatable bonds is 7. The summed E-state index contributed by atoms with van der Waals surface area (Å²) in [5.41, 5.74) is 3.16. The van der Waals surface area contributed by atoms with Crippen molar-refractivity contribution in [3.63, 3.8) is 0 Å². The number of carbonyl (C=O) groups is 1. The van der Waals surface area contributed by atoms with E-state index in [1.54, 1.807) is 6.20 Å². The Labute approximate surface area is 182 Å². The van der Waals surface area contributed by atoms with Gasteiger partial charge in [0.2, 0.25) is 0 Å². The van der Waals surface area contributed by atoms with Crippen molar-refractivity contribution >= 4 is 29.2 Å². The standard InChI is InChI=1S/C23H29N7O/c1-16-5-10-19(26-15-16)28-21-12-11-20(29-30-21)24-13-14-25-22(31)27-18-8-6-17(7-9-18)23(2,3)4/h5-12,15H,13-14H2,1-4H3,(H,24,29)(H2,25,27,31)(H,26,28,30). The van der Waals surface area contributed by atoms with Crippen LogP contribution in [0.25, 0.3) is 0 Å². The highest BCUT2D eigenvalue weighted by Gasteiger charge is 2.13. The normalized spacial score (nSPS) is 11.0. The van der Waals surface area contributed by atoms with Gasteiger partial charge in [-0.05, 0) is 53.8 Å². The number of hydrogen-bond acceptors (Lipinski definition) is 6. The van der Waals surface area contributed by atoms with Crippen molar-refractivity contribution in [1.29, 1.82) is 0 Å². The number of pyridine rings is 1. The van der Waals surface area contributed by atoms with Gasteiger partial charge in [-0.25, -0.2) is 9.78 Å². The van der Waals surface area contributed by atoms with Crippen molar-refractivity contribution in [3.8, 4) is 0 Å². The van der Waals surface area contributed by atoms with E-state index < -0.39 is 0 Å². The van der Waals surface area contributed by atoms with Crippen LogP contribution in [0.5, 0.6) is 0 Å². The Morgan fingerprint density at radius 2 is 1.55 bits per heavy atom. The maximum atomic E-state index is 12.1. The lowest BCUT2D eigenvalue weighted by atomic mass is 9.87. The Bertz CT molecular complexity index is 978. The molecule has 0 radical (unpaired) electrons. The average molecular weight is 420 g/mol. The predicted molar refractivity (Wildman–Crippen MR) is 125 cm³/mol. The van der Waals surface area contributed by atoms with E-state index in [1.807, 2.05) is 55.5 Å². The van der Waals surface area contributed by atoms with E-state index in [0.717, 1.165) is 11.3 Å². The van der Waals surface area contributed by atoms with Crippen LogP contribution in [0.4, 0.5) is 27.9 Å². The second kappa shape index (κ2) is 9.88. The molecule has 3 rings (SSSR count). The number of anilines is 4. The summed E-state index contributed by atoms with van der Waals surface area (Å²) in [5, 5.41) is 20.1. The molecule has 0 unspecified atom stereocenters. The summed E-state index contributed by atoms with van der Waals surface area (Å²) >= 11 is 0. The quantitative estimate of drug-likeness (QED) is 0.422. The summed E-state index contributed by atoms with van der Waals surface area (Å²) in [7, 11) is 0. The number of aryl methyl sites for hydroxylation is 1. The van der Waals surface area contributed by atoms with Crippen LogP contribution < -0.4 is 21.3 Å². The molecule has 8 nitrogen and oxygen atoms in total. The van der Waals surface area contributed by atoms with Crippen LogP contribution in [0.15, 0.2) is 54.7 Å². The molecule has 0 saturated heterocycles. The smallest absolute Gasteiger partial charge is 0.319 e. The van der Waals surface area contributed by atoms with Crippen LogP contribution in [-0.4, -0.2) is 34.3 Å². The molecule has 4 N–H and O–H groups in total. The van der Waals surface area contributed by atoms with Gasteiger partial charge < -0.3 is 21.3 Å². The summed E-state index contributed by atoms with van der Waals surface area (Å²) in [6.45, 7) is 9.43. The maximum Gasteiger partial charge on any atom is 0.319 e.